The first-order valence-corrected chi connectivity index (χ1v) is 9.55. The molecule has 2 N–H and O–H groups in total. The maximum Gasteiger partial charge on any atom is 0.319 e. The summed E-state index contributed by atoms with van der Waals surface area (Å²) in [5, 5.41) is 5.63. The highest BCUT2D eigenvalue weighted by Crippen LogP contribution is 2.13. The van der Waals surface area contributed by atoms with Crippen molar-refractivity contribution in [3.05, 3.63) is 53.7 Å². The first-order chi connectivity index (χ1) is 13.5. The molecule has 0 bridgehead atoms. The lowest BCUT2D eigenvalue weighted by atomic mass is 10.1. The van der Waals surface area contributed by atoms with Crippen LogP contribution in [-0.4, -0.2) is 36.7 Å². The van der Waals surface area contributed by atoms with E-state index in [1.54, 1.807) is 37.4 Å². The number of nitrogens with one attached hydrogen (secondary N) is 2. The van der Waals surface area contributed by atoms with Gasteiger partial charge in [0.05, 0.1) is 13.0 Å². The molecule has 0 atom stereocenters. The third-order valence-electron chi connectivity index (χ3n) is 4.22. The molecule has 2 aromatic rings. The van der Waals surface area contributed by atoms with Gasteiger partial charge in [-0.15, -0.1) is 0 Å². The number of esters is 1. The largest absolute Gasteiger partial charge is 0.466 e. The van der Waals surface area contributed by atoms with Crippen molar-refractivity contribution >= 4 is 23.5 Å². The normalized spacial score (nSPS) is 10.2. The van der Waals surface area contributed by atoms with Gasteiger partial charge in [-0.25, -0.2) is 9.78 Å². The van der Waals surface area contributed by atoms with E-state index in [2.05, 4.69) is 34.4 Å². The molecule has 2 amide bonds. The Balaban J connectivity index is 1.85. The van der Waals surface area contributed by atoms with Gasteiger partial charge >= 0.3 is 12.0 Å². The van der Waals surface area contributed by atoms with Crippen LogP contribution in [0.5, 0.6) is 0 Å². The Morgan fingerprint density at radius 1 is 1.04 bits per heavy atom. The number of rotatable bonds is 9. The van der Waals surface area contributed by atoms with E-state index < -0.39 is 0 Å². The first-order valence-electron chi connectivity index (χ1n) is 9.55. The van der Waals surface area contributed by atoms with E-state index in [0.29, 0.717) is 18.8 Å². The van der Waals surface area contributed by atoms with E-state index in [4.69, 9.17) is 4.74 Å². The van der Waals surface area contributed by atoms with E-state index in [1.807, 2.05) is 12.1 Å². The fourth-order valence-corrected chi connectivity index (χ4v) is 2.73. The summed E-state index contributed by atoms with van der Waals surface area (Å²) in [5.41, 5.74) is 2.48. The average Bonchev–Trinajstić information content (AvgIpc) is 2.69. The Hall–Kier alpha value is -3.09. The van der Waals surface area contributed by atoms with Gasteiger partial charge in [0.1, 0.15) is 5.82 Å². The smallest absolute Gasteiger partial charge is 0.319 e. The molecular formula is C21H28N4O3. The van der Waals surface area contributed by atoms with Crippen LogP contribution in [0.25, 0.3) is 0 Å². The van der Waals surface area contributed by atoms with Crippen LogP contribution in [-0.2, 0) is 22.5 Å². The van der Waals surface area contributed by atoms with Crippen LogP contribution in [0.15, 0.2) is 42.6 Å². The summed E-state index contributed by atoms with van der Waals surface area (Å²) in [7, 11) is 0. The highest BCUT2D eigenvalue weighted by atomic mass is 16.5. The number of urea groups is 1. The number of carbonyl (C=O) groups excluding carboxylic acids is 2. The van der Waals surface area contributed by atoms with Crippen molar-refractivity contribution in [2.45, 2.75) is 33.7 Å². The minimum absolute atomic E-state index is 0.219. The van der Waals surface area contributed by atoms with E-state index in [0.717, 1.165) is 30.0 Å². The topological polar surface area (TPSA) is 83.6 Å². The van der Waals surface area contributed by atoms with Gasteiger partial charge in [0.2, 0.25) is 0 Å². The van der Waals surface area contributed by atoms with Gasteiger partial charge < -0.3 is 20.3 Å². The molecule has 7 heteroatoms. The van der Waals surface area contributed by atoms with Gasteiger partial charge in [-0.2, -0.15) is 0 Å². The number of nitrogens with zero attached hydrogens (tertiary/aromatic N) is 2. The second-order valence-corrected chi connectivity index (χ2v) is 6.18. The van der Waals surface area contributed by atoms with E-state index in [1.165, 1.54) is 0 Å². The molecule has 0 aliphatic rings. The molecule has 0 aliphatic carbocycles. The summed E-state index contributed by atoms with van der Waals surface area (Å²) in [4.78, 5) is 30.2. The molecule has 1 aromatic heterocycles. The number of anilines is 2. The Morgan fingerprint density at radius 3 is 2.39 bits per heavy atom. The Morgan fingerprint density at radius 2 is 1.75 bits per heavy atom. The standard InChI is InChI=1S/C21H28N4O3/c1-4-25(5-2)19-13-17(11-12-22-19)15-23-21(27)24-18-9-7-16(8-10-18)14-20(26)28-6-3/h7-13H,4-6,14-15H2,1-3H3,(H2,23,24,27). The lowest BCUT2D eigenvalue weighted by Crippen LogP contribution is -2.28. The summed E-state index contributed by atoms with van der Waals surface area (Å²) < 4.78 is 4.93. The van der Waals surface area contributed by atoms with Gasteiger partial charge in [0, 0.05) is 31.5 Å². The van der Waals surface area contributed by atoms with E-state index in [-0.39, 0.29) is 18.4 Å². The summed E-state index contributed by atoms with van der Waals surface area (Å²) in [6, 6.07) is 10.7. The molecule has 1 aromatic carbocycles. The molecule has 0 saturated carbocycles. The van der Waals surface area contributed by atoms with Crippen molar-refractivity contribution in [3.63, 3.8) is 0 Å². The summed E-state index contributed by atoms with van der Waals surface area (Å²) in [5.74, 6) is 0.643. The molecular weight excluding hydrogens is 356 g/mol. The zero-order valence-electron chi connectivity index (χ0n) is 16.7. The molecule has 0 spiro atoms. The molecule has 0 saturated heterocycles. The number of benzene rings is 1. The zero-order chi connectivity index (χ0) is 20.4. The predicted molar refractivity (Wildman–Crippen MR) is 110 cm³/mol. The molecule has 0 radical (unpaired) electrons. The molecule has 7 nitrogen and oxygen atoms in total. The van der Waals surface area contributed by atoms with Crippen LogP contribution in [0, 0.1) is 0 Å². The van der Waals surface area contributed by atoms with Crippen molar-refractivity contribution in [2.75, 3.05) is 29.9 Å². The number of aromatic nitrogens is 1. The van der Waals surface area contributed by atoms with E-state index in [9.17, 15) is 9.59 Å². The van der Waals surface area contributed by atoms with Crippen LogP contribution in [0.3, 0.4) is 0 Å². The lowest BCUT2D eigenvalue weighted by Gasteiger charge is -2.20. The SMILES string of the molecule is CCOC(=O)Cc1ccc(NC(=O)NCc2ccnc(N(CC)CC)c2)cc1. The number of ether oxygens (including phenoxy) is 1. The first kappa shape index (κ1) is 21.2. The lowest BCUT2D eigenvalue weighted by molar-refractivity contribution is -0.142. The molecule has 0 fully saturated rings. The van der Waals surface area contributed by atoms with Crippen LogP contribution in [0.1, 0.15) is 31.9 Å². The summed E-state index contributed by atoms with van der Waals surface area (Å²) in [6.07, 6.45) is 1.97. The van der Waals surface area contributed by atoms with Crippen molar-refractivity contribution in [1.82, 2.24) is 10.3 Å². The zero-order valence-corrected chi connectivity index (χ0v) is 16.7. The Labute approximate surface area is 166 Å². The average molecular weight is 384 g/mol. The fraction of sp³-hybridized carbons (Fsp3) is 0.381. The highest BCUT2D eigenvalue weighted by Gasteiger charge is 2.07. The monoisotopic (exact) mass is 384 g/mol. The van der Waals surface area contributed by atoms with Crippen molar-refractivity contribution in [1.29, 1.82) is 0 Å². The molecule has 28 heavy (non-hydrogen) atoms. The molecule has 2 rings (SSSR count). The van der Waals surface area contributed by atoms with Gasteiger partial charge in [0.15, 0.2) is 0 Å². The minimum atomic E-state index is -0.292. The summed E-state index contributed by atoms with van der Waals surface area (Å²) in [6.45, 7) is 8.49. The third-order valence-corrected chi connectivity index (χ3v) is 4.22. The van der Waals surface area contributed by atoms with Crippen LogP contribution < -0.4 is 15.5 Å². The number of pyridine rings is 1. The third kappa shape index (κ3) is 6.57. The second kappa shape index (κ2) is 10.9. The quantitative estimate of drug-likeness (QED) is 0.648. The molecule has 0 unspecified atom stereocenters. The van der Waals surface area contributed by atoms with Crippen LogP contribution in [0.4, 0.5) is 16.3 Å². The van der Waals surface area contributed by atoms with Crippen LogP contribution >= 0.6 is 0 Å². The fourth-order valence-electron chi connectivity index (χ4n) is 2.73. The number of hydrogen-bond acceptors (Lipinski definition) is 5. The molecule has 1 heterocycles. The van der Waals surface area contributed by atoms with Gasteiger partial charge in [-0.3, -0.25) is 4.79 Å². The predicted octanol–water partition coefficient (Wildman–Crippen LogP) is 3.36. The Bertz CT molecular complexity index is 773. The second-order valence-electron chi connectivity index (χ2n) is 6.18. The highest BCUT2D eigenvalue weighted by molar-refractivity contribution is 5.89. The van der Waals surface area contributed by atoms with Crippen molar-refractivity contribution in [3.8, 4) is 0 Å². The maximum absolute atomic E-state index is 12.1. The summed E-state index contributed by atoms with van der Waals surface area (Å²) >= 11 is 0. The van der Waals surface area contributed by atoms with Crippen molar-refractivity contribution in [2.24, 2.45) is 0 Å². The van der Waals surface area contributed by atoms with Gasteiger partial charge in [-0.1, -0.05) is 12.1 Å². The van der Waals surface area contributed by atoms with Crippen molar-refractivity contribution < 1.29 is 14.3 Å². The van der Waals surface area contributed by atoms with Crippen LogP contribution in [0.2, 0.25) is 0 Å². The molecule has 150 valence electrons. The number of amides is 2. The van der Waals surface area contributed by atoms with Gasteiger partial charge in [-0.05, 0) is 56.2 Å². The number of carbonyl (C=O) groups is 2. The van der Waals surface area contributed by atoms with E-state index >= 15 is 0 Å². The Kier molecular flexibility index (Phi) is 8.27. The minimum Gasteiger partial charge on any atom is -0.466 e. The molecule has 0 aliphatic heterocycles. The maximum atomic E-state index is 12.1. The number of hydrogen-bond donors (Lipinski definition) is 2. The van der Waals surface area contributed by atoms with Gasteiger partial charge in [0.25, 0.3) is 0 Å².